The number of carbonyl (C=O) groups excluding carboxylic acids is 1. The van der Waals surface area contributed by atoms with Gasteiger partial charge in [0, 0.05) is 42.7 Å². The number of nitrogens with zero attached hydrogens (tertiary/aromatic N) is 2. The fourth-order valence-corrected chi connectivity index (χ4v) is 2.96. The zero-order valence-corrected chi connectivity index (χ0v) is 14.7. The van der Waals surface area contributed by atoms with Crippen LogP contribution < -0.4 is 0 Å². The summed E-state index contributed by atoms with van der Waals surface area (Å²) in [6, 6.07) is 18.4. The van der Waals surface area contributed by atoms with Crippen LogP contribution in [0.2, 0.25) is 0 Å². The van der Waals surface area contributed by atoms with Gasteiger partial charge in [-0.25, -0.2) is 0 Å². The van der Waals surface area contributed by atoms with Crippen LogP contribution >= 0.6 is 15.9 Å². The van der Waals surface area contributed by atoms with E-state index in [9.17, 15) is 4.79 Å². The molecule has 1 amide bonds. The third-order valence-corrected chi connectivity index (χ3v) is 4.53. The summed E-state index contributed by atoms with van der Waals surface area (Å²) in [7, 11) is 1.86. The van der Waals surface area contributed by atoms with Crippen molar-refractivity contribution in [3.8, 4) is 0 Å². The lowest BCUT2D eigenvalue weighted by Gasteiger charge is -2.17. The molecule has 0 saturated heterocycles. The minimum atomic E-state index is 0.158. The van der Waals surface area contributed by atoms with Crippen molar-refractivity contribution in [2.24, 2.45) is 0 Å². The van der Waals surface area contributed by atoms with E-state index in [-0.39, 0.29) is 5.91 Å². The Morgan fingerprint density at radius 1 is 1.09 bits per heavy atom. The molecular formula is C19H19BrN2O. The highest BCUT2D eigenvalue weighted by atomic mass is 79.9. The number of hydrogen-bond acceptors (Lipinski definition) is 1. The van der Waals surface area contributed by atoms with E-state index in [2.05, 4.69) is 38.7 Å². The van der Waals surface area contributed by atoms with Gasteiger partial charge >= 0.3 is 0 Å². The smallest absolute Gasteiger partial charge is 0.224 e. The zero-order valence-electron chi connectivity index (χ0n) is 13.1. The van der Waals surface area contributed by atoms with Crippen LogP contribution in [0.5, 0.6) is 0 Å². The summed E-state index contributed by atoms with van der Waals surface area (Å²) in [5.74, 6) is 0.158. The second kappa shape index (κ2) is 7.01. The third kappa shape index (κ3) is 3.82. The van der Waals surface area contributed by atoms with Gasteiger partial charge in [0.15, 0.2) is 0 Å². The molecule has 0 radical (unpaired) electrons. The number of benzene rings is 2. The zero-order chi connectivity index (χ0) is 16.2. The molecule has 1 heterocycles. The number of amides is 1. The van der Waals surface area contributed by atoms with Gasteiger partial charge in [0.25, 0.3) is 0 Å². The summed E-state index contributed by atoms with van der Waals surface area (Å²) in [6.45, 7) is 1.34. The Labute approximate surface area is 144 Å². The number of fused-ring (bicyclic) bond motifs is 1. The SMILES string of the molecule is CN(Cc1ccc(Br)cc1)C(=O)CCn1ccc2ccccc21. The molecule has 0 fully saturated rings. The Morgan fingerprint density at radius 3 is 2.61 bits per heavy atom. The molecule has 3 aromatic rings. The Kier molecular flexibility index (Phi) is 4.82. The lowest BCUT2D eigenvalue weighted by molar-refractivity contribution is -0.130. The highest BCUT2D eigenvalue weighted by Crippen LogP contribution is 2.16. The molecule has 0 aliphatic carbocycles. The Morgan fingerprint density at radius 2 is 1.83 bits per heavy atom. The fourth-order valence-electron chi connectivity index (χ4n) is 2.69. The van der Waals surface area contributed by atoms with Gasteiger partial charge in [-0.1, -0.05) is 46.3 Å². The van der Waals surface area contributed by atoms with Gasteiger partial charge in [-0.05, 0) is 35.2 Å². The standard InChI is InChI=1S/C19H19BrN2O/c1-21(14-15-6-8-17(20)9-7-15)19(23)11-13-22-12-10-16-4-2-3-5-18(16)22/h2-10,12H,11,13-14H2,1H3. The molecule has 0 aliphatic heterocycles. The molecule has 2 aromatic carbocycles. The average molecular weight is 371 g/mol. The minimum Gasteiger partial charge on any atom is -0.347 e. The normalized spacial score (nSPS) is 10.9. The van der Waals surface area contributed by atoms with Crippen LogP contribution in [0.15, 0.2) is 65.3 Å². The first-order valence-electron chi connectivity index (χ1n) is 7.66. The van der Waals surface area contributed by atoms with E-state index in [1.54, 1.807) is 4.90 Å². The minimum absolute atomic E-state index is 0.158. The van der Waals surface area contributed by atoms with Crippen molar-refractivity contribution in [3.63, 3.8) is 0 Å². The van der Waals surface area contributed by atoms with Gasteiger partial charge in [0.1, 0.15) is 0 Å². The van der Waals surface area contributed by atoms with Crippen LogP contribution in [0.1, 0.15) is 12.0 Å². The lowest BCUT2D eigenvalue weighted by atomic mass is 10.2. The molecule has 23 heavy (non-hydrogen) atoms. The van der Waals surface area contributed by atoms with E-state index < -0.39 is 0 Å². The monoisotopic (exact) mass is 370 g/mol. The molecule has 0 saturated carbocycles. The lowest BCUT2D eigenvalue weighted by Crippen LogP contribution is -2.26. The molecule has 0 aliphatic rings. The first-order valence-corrected chi connectivity index (χ1v) is 8.45. The average Bonchev–Trinajstić information content (AvgIpc) is 2.98. The first-order chi connectivity index (χ1) is 11.1. The van der Waals surface area contributed by atoms with Crippen LogP contribution in [0.25, 0.3) is 10.9 Å². The molecule has 0 N–H and O–H groups in total. The van der Waals surface area contributed by atoms with Gasteiger partial charge < -0.3 is 9.47 Å². The van der Waals surface area contributed by atoms with Crippen molar-refractivity contribution in [1.29, 1.82) is 0 Å². The van der Waals surface area contributed by atoms with Crippen molar-refractivity contribution in [3.05, 3.63) is 70.8 Å². The topological polar surface area (TPSA) is 25.2 Å². The van der Waals surface area contributed by atoms with Crippen LogP contribution in [-0.4, -0.2) is 22.4 Å². The number of halogens is 1. The van der Waals surface area contributed by atoms with Crippen LogP contribution in [-0.2, 0) is 17.9 Å². The van der Waals surface area contributed by atoms with Crippen LogP contribution in [0, 0.1) is 0 Å². The highest BCUT2D eigenvalue weighted by molar-refractivity contribution is 9.10. The van der Waals surface area contributed by atoms with Gasteiger partial charge in [-0.15, -0.1) is 0 Å². The predicted molar refractivity (Wildman–Crippen MR) is 97.2 cm³/mol. The number of hydrogen-bond donors (Lipinski definition) is 0. The summed E-state index contributed by atoms with van der Waals surface area (Å²) in [5.41, 5.74) is 2.31. The maximum Gasteiger partial charge on any atom is 0.224 e. The van der Waals surface area contributed by atoms with Crippen LogP contribution in [0.4, 0.5) is 0 Å². The van der Waals surface area contributed by atoms with Crippen molar-refractivity contribution in [2.75, 3.05) is 7.05 Å². The maximum atomic E-state index is 12.3. The van der Waals surface area contributed by atoms with E-state index in [4.69, 9.17) is 0 Å². The molecule has 0 bridgehead atoms. The summed E-state index contributed by atoms with van der Waals surface area (Å²) >= 11 is 3.42. The molecule has 3 nitrogen and oxygen atoms in total. The van der Waals surface area contributed by atoms with E-state index in [1.165, 1.54) is 10.9 Å². The Hall–Kier alpha value is -2.07. The molecular weight excluding hydrogens is 352 g/mol. The van der Waals surface area contributed by atoms with Gasteiger partial charge in [-0.3, -0.25) is 4.79 Å². The molecule has 118 valence electrons. The van der Waals surface area contributed by atoms with E-state index >= 15 is 0 Å². The molecule has 0 atom stereocenters. The van der Waals surface area contributed by atoms with Crippen molar-refractivity contribution >= 4 is 32.7 Å². The van der Waals surface area contributed by atoms with E-state index in [0.717, 1.165) is 10.0 Å². The van der Waals surface area contributed by atoms with Crippen molar-refractivity contribution < 1.29 is 4.79 Å². The summed E-state index contributed by atoms with van der Waals surface area (Å²) in [5, 5.41) is 1.21. The second-order valence-electron chi connectivity index (χ2n) is 5.69. The van der Waals surface area contributed by atoms with Crippen molar-refractivity contribution in [1.82, 2.24) is 9.47 Å². The fraction of sp³-hybridized carbons (Fsp3) is 0.211. The summed E-state index contributed by atoms with van der Waals surface area (Å²) in [4.78, 5) is 14.1. The van der Waals surface area contributed by atoms with Gasteiger partial charge in [-0.2, -0.15) is 0 Å². The Balaban J connectivity index is 1.59. The maximum absolute atomic E-state index is 12.3. The number of carbonyl (C=O) groups is 1. The largest absolute Gasteiger partial charge is 0.347 e. The number of para-hydroxylation sites is 1. The molecule has 0 unspecified atom stereocenters. The number of aryl methyl sites for hydroxylation is 1. The summed E-state index contributed by atoms with van der Waals surface area (Å²) < 4.78 is 3.19. The molecule has 3 rings (SSSR count). The molecule has 4 heteroatoms. The predicted octanol–water partition coefficient (Wildman–Crippen LogP) is 4.45. The van der Waals surface area contributed by atoms with Crippen molar-refractivity contribution in [2.45, 2.75) is 19.5 Å². The summed E-state index contributed by atoms with van der Waals surface area (Å²) in [6.07, 6.45) is 2.55. The third-order valence-electron chi connectivity index (χ3n) is 4.01. The van der Waals surface area contributed by atoms with E-state index in [0.29, 0.717) is 19.5 Å². The molecule has 1 aromatic heterocycles. The first kappa shape index (κ1) is 15.8. The second-order valence-corrected chi connectivity index (χ2v) is 6.61. The van der Waals surface area contributed by atoms with Crippen LogP contribution in [0.3, 0.4) is 0 Å². The quantitative estimate of drug-likeness (QED) is 0.651. The number of aromatic nitrogens is 1. The molecule has 0 spiro atoms. The highest BCUT2D eigenvalue weighted by Gasteiger charge is 2.10. The number of rotatable bonds is 5. The Bertz CT molecular complexity index is 808. The van der Waals surface area contributed by atoms with Gasteiger partial charge in [0.2, 0.25) is 5.91 Å². The van der Waals surface area contributed by atoms with E-state index in [1.807, 2.05) is 49.6 Å². The van der Waals surface area contributed by atoms with Gasteiger partial charge in [0.05, 0.1) is 0 Å².